The molecule has 3 aromatic carbocycles. The van der Waals surface area contributed by atoms with Crippen LogP contribution >= 0.6 is 12.2 Å². The lowest BCUT2D eigenvalue weighted by Gasteiger charge is -2.24. The van der Waals surface area contributed by atoms with Gasteiger partial charge in [-0.1, -0.05) is 60.7 Å². The summed E-state index contributed by atoms with van der Waals surface area (Å²) in [5.41, 5.74) is 5.58. The first-order valence-electron chi connectivity index (χ1n) is 9.78. The molecule has 1 N–H and O–H groups in total. The number of aromatic nitrogens is 2. The number of rotatable bonds is 3. The molecule has 1 atom stereocenters. The Morgan fingerprint density at radius 1 is 0.867 bits per heavy atom. The van der Waals surface area contributed by atoms with Gasteiger partial charge in [-0.3, -0.25) is 4.98 Å². The average molecular weight is 410 g/mol. The first kappa shape index (κ1) is 18.4. The minimum Gasteiger partial charge on any atom is -0.331 e. The number of hydrogen-bond acceptors (Lipinski definition) is 4. The van der Waals surface area contributed by atoms with Crippen LogP contribution in [0.3, 0.4) is 0 Å². The monoisotopic (exact) mass is 409 g/mol. The highest BCUT2D eigenvalue weighted by molar-refractivity contribution is 7.80. The number of nitrogens with one attached hydrogen (secondary N) is 1. The van der Waals surface area contributed by atoms with Gasteiger partial charge in [-0.05, 0) is 42.0 Å². The molecule has 0 amide bonds. The van der Waals surface area contributed by atoms with Gasteiger partial charge in [-0.2, -0.15) is 5.10 Å². The Balaban J connectivity index is 1.51. The third kappa shape index (κ3) is 3.65. The summed E-state index contributed by atoms with van der Waals surface area (Å²) >= 11 is 5.73. The molecule has 30 heavy (non-hydrogen) atoms. The normalized spacial score (nSPS) is 15.8. The molecule has 1 unspecified atom stereocenters. The second-order valence-electron chi connectivity index (χ2n) is 7.06. The van der Waals surface area contributed by atoms with Gasteiger partial charge >= 0.3 is 0 Å². The quantitative estimate of drug-likeness (QED) is 0.473. The van der Waals surface area contributed by atoms with Crippen molar-refractivity contribution in [2.45, 2.75) is 12.5 Å². The van der Waals surface area contributed by atoms with Gasteiger partial charge < -0.3 is 5.32 Å². The summed E-state index contributed by atoms with van der Waals surface area (Å²) in [6, 6.07) is 27.8. The molecule has 0 aliphatic carbocycles. The highest BCUT2D eigenvalue weighted by atomic mass is 32.1. The minimum absolute atomic E-state index is 0.124. The Kier molecular flexibility index (Phi) is 4.91. The number of hydrogen-bond donors (Lipinski definition) is 1. The summed E-state index contributed by atoms with van der Waals surface area (Å²) in [4.78, 5) is 9.46. The number of fused-ring (bicyclic) bond motifs is 1. The van der Waals surface area contributed by atoms with E-state index in [1.165, 1.54) is 0 Å². The summed E-state index contributed by atoms with van der Waals surface area (Å²) in [5, 5.41) is 10.6. The Labute approximate surface area is 180 Å². The van der Waals surface area contributed by atoms with Crippen LogP contribution in [0.2, 0.25) is 0 Å². The van der Waals surface area contributed by atoms with Gasteiger partial charge in [0.05, 0.1) is 28.6 Å². The van der Waals surface area contributed by atoms with Gasteiger partial charge in [-0.25, -0.2) is 9.99 Å². The molecule has 146 valence electrons. The molecule has 0 saturated carbocycles. The van der Waals surface area contributed by atoms with Crippen molar-refractivity contribution < 1.29 is 0 Å². The maximum atomic E-state index is 5.73. The van der Waals surface area contributed by atoms with Crippen molar-refractivity contribution in [1.82, 2.24) is 15.0 Å². The van der Waals surface area contributed by atoms with Gasteiger partial charge in [0.2, 0.25) is 0 Å². The summed E-state index contributed by atoms with van der Waals surface area (Å²) in [6.07, 6.45) is 2.53. The van der Waals surface area contributed by atoms with E-state index in [9.17, 15) is 0 Å². The van der Waals surface area contributed by atoms with Crippen LogP contribution in [0.1, 0.15) is 23.7 Å². The molecule has 0 radical (unpaired) electrons. The summed E-state index contributed by atoms with van der Waals surface area (Å²) in [6.45, 7) is 0. The molecule has 5 nitrogen and oxygen atoms in total. The number of thiocarbonyl (C=S) groups is 1. The average Bonchev–Trinajstić information content (AvgIpc) is 3.26. The van der Waals surface area contributed by atoms with Crippen molar-refractivity contribution in [1.29, 1.82) is 0 Å². The van der Waals surface area contributed by atoms with Crippen molar-refractivity contribution in [2.75, 3.05) is 5.32 Å². The highest BCUT2D eigenvalue weighted by Crippen LogP contribution is 2.32. The standard InChI is InChI=1S/C24H19N5S/c30-24(26-18-11-5-2-6-12-18)29-23(15-21(28-29)17-9-3-1-4-10-17)22-16-25-19-13-7-8-14-20(19)27-22/h1-14,16,23H,15H2,(H,26,30). The molecule has 6 heteroatoms. The van der Waals surface area contributed by atoms with Crippen molar-refractivity contribution >= 4 is 39.8 Å². The van der Waals surface area contributed by atoms with E-state index in [0.29, 0.717) is 11.5 Å². The molecule has 4 aromatic rings. The molecule has 5 rings (SSSR count). The zero-order valence-corrected chi connectivity index (χ0v) is 17.0. The predicted molar refractivity (Wildman–Crippen MR) is 124 cm³/mol. The van der Waals surface area contributed by atoms with E-state index >= 15 is 0 Å². The van der Waals surface area contributed by atoms with Crippen LogP contribution in [-0.4, -0.2) is 25.8 Å². The van der Waals surface area contributed by atoms with Crippen LogP contribution in [0.25, 0.3) is 11.0 Å². The summed E-state index contributed by atoms with van der Waals surface area (Å²) in [7, 11) is 0. The minimum atomic E-state index is -0.124. The molecular formula is C24H19N5S. The topological polar surface area (TPSA) is 53.4 Å². The number of nitrogens with zero attached hydrogens (tertiary/aromatic N) is 4. The Bertz CT molecular complexity index is 1220. The predicted octanol–water partition coefficient (Wildman–Crippen LogP) is 5.18. The van der Waals surface area contributed by atoms with Crippen molar-refractivity contribution in [3.05, 3.63) is 102 Å². The van der Waals surface area contributed by atoms with Crippen molar-refractivity contribution in [3.8, 4) is 0 Å². The SMILES string of the molecule is S=C(Nc1ccccc1)N1N=C(c2ccccc2)CC1c1cnc2ccccc2n1. The van der Waals surface area contributed by atoms with Crippen LogP contribution < -0.4 is 5.32 Å². The van der Waals surface area contributed by atoms with Crippen molar-refractivity contribution in [2.24, 2.45) is 5.10 Å². The van der Waals surface area contributed by atoms with Crippen molar-refractivity contribution in [3.63, 3.8) is 0 Å². The van der Waals surface area contributed by atoms with Crippen LogP contribution in [-0.2, 0) is 0 Å². The smallest absolute Gasteiger partial charge is 0.194 e. The molecule has 0 spiro atoms. The molecular weight excluding hydrogens is 390 g/mol. The number of para-hydroxylation sites is 3. The van der Waals surface area contributed by atoms with Crippen LogP contribution in [0, 0.1) is 0 Å². The first-order chi connectivity index (χ1) is 14.8. The maximum absolute atomic E-state index is 5.73. The lowest BCUT2D eigenvalue weighted by molar-refractivity contribution is 0.368. The summed E-state index contributed by atoms with van der Waals surface area (Å²) < 4.78 is 0. The molecule has 1 aromatic heterocycles. The third-order valence-electron chi connectivity index (χ3n) is 5.06. The van der Waals surface area contributed by atoms with E-state index in [1.54, 1.807) is 0 Å². The van der Waals surface area contributed by atoms with Crippen LogP contribution in [0.4, 0.5) is 5.69 Å². The Morgan fingerprint density at radius 3 is 2.30 bits per heavy atom. The largest absolute Gasteiger partial charge is 0.331 e. The molecule has 2 heterocycles. The van der Waals surface area contributed by atoms with E-state index < -0.39 is 0 Å². The van der Waals surface area contributed by atoms with Crippen LogP contribution in [0.15, 0.2) is 96.2 Å². The second kappa shape index (κ2) is 8.00. The van der Waals surface area contributed by atoms with Gasteiger partial charge in [0.1, 0.15) is 6.04 Å². The van der Waals surface area contributed by atoms with E-state index in [-0.39, 0.29) is 6.04 Å². The number of benzene rings is 3. The van der Waals surface area contributed by atoms with Crippen LogP contribution in [0.5, 0.6) is 0 Å². The molecule has 0 fully saturated rings. The molecule has 0 bridgehead atoms. The van der Waals surface area contributed by atoms with Gasteiger partial charge in [0.15, 0.2) is 5.11 Å². The summed E-state index contributed by atoms with van der Waals surface area (Å²) in [5.74, 6) is 0. The fourth-order valence-corrected chi connectivity index (χ4v) is 3.85. The zero-order chi connectivity index (χ0) is 20.3. The van der Waals surface area contributed by atoms with Gasteiger partial charge in [-0.15, -0.1) is 0 Å². The van der Waals surface area contributed by atoms with E-state index in [0.717, 1.165) is 33.7 Å². The Hall–Kier alpha value is -3.64. The molecule has 0 saturated heterocycles. The highest BCUT2D eigenvalue weighted by Gasteiger charge is 2.32. The van der Waals surface area contributed by atoms with Gasteiger partial charge in [0.25, 0.3) is 0 Å². The molecule has 1 aliphatic heterocycles. The van der Waals surface area contributed by atoms with E-state index in [2.05, 4.69) is 22.4 Å². The second-order valence-corrected chi connectivity index (χ2v) is 7.44. The van der Waals surface area contributed by atoms with E-state index in [1.807, 2.05) is 84.0 Å². The fraction of sp³-hybridized carbons (Fsp3) is 0.0833. The molecule has 1 aliphatic rings. The van der Waals surface area contributed by atoms with Gasteiger partial charge in [0, 0.05) is 12.1 Å². The number of anilines is 1. The third-order valence-corrected chi connectivity index (χ3v) is 5.35. The lowest BCUT2D eigenvalue weighted by Crippen LogP contribution is -2.31. The maximum Gasteiger partial charge on any atom is 0.194 e. The van der Waals surface area contributed by atoms with E-state index in [4.69, 9.17) is 22.3 Å². The first-order valence-corrected chi connectivity index (χ1v) is 10.2. The zero-order valence-electron chi connectivity index (χ0n) is 16.1. The Morgan fingerprint density at radius 2 is 1.53 bits per heavy atom. The number of hydrazone groups is 1. The fourth-order valence-electron chi connectivity index (χ4n) is 3.57. The lowest BCUT2D eigenvalue weighted by atomic mass is 10.0.